The molecule has 0 aliphatic carbocycles. The van der Waals surface area contributed by atoms with Gasteiger partial charge in [-0.25, -0.2) is 8.42 Å². The van der Waals surface area contributed by atoms with Crippen LogP contribution in [0.15, 0.2) is 83.8 Å². The summed E-state index contributed by atoms with van der Waals surface area (Å²) in [5, 5.41) is 0. The number of primary amides is 1. The molecule has 142 valence electrons. The van der Waals surface area contributed by atoms with E-state index in [0.29, 0.717) is 17.0 Å². The SMILES string of the molecule is NC(=O)[C@@H]1CN(S(=O)(=O)c2ccccc2-c2ccccc2)c2ccccc2O1. The second-order valence-corrected chi connectivity index (χ2v) is 8.21. The van der Waals surface area contributed by atoms with E-state index in [1.807, 2.05) is 30.3 Å². The molecule has 0 saturated carbocycles. The van der Waals surface area contributed by atoms with Crippen LogP contribution in [0.5, 0.6) is 5.75 Å². The van der Waals surface area contributed by atoms with Gasteiger partial charge in [0.1, 0.15) is 5.75 Å². The molecule has 1 amide bonds. The van der Waals surface area contributed by atoms with Gasteiger partial charge in [0.2, 0.25) is 0 Å². The number of rotatable bonds is 4. The smallest absolute Gasteiger partial charge is 0.265 e. The van der Waals surface area contributed by atoms with Gasteiger partial charge in [-0.2, -0.15) is 0 Å². The molecule has 2 N–H and O–H groups in total. The lowest BCUT2D eigenvalue weighted by atomic mass is 10.1. The van der Waals surface area contributed by atoms with Crippen molar-refractivity contribution in [1.29, 1.82) is 0 Å². The predicted octanol–water partition coefficient (Wildman–Crippen LogP) is 2.80. The Kier molecular flexibility index (Phi) is 4.52. The Labute approximate surface area is 163 Å². The number of hydrogen-bond acceptors (Lipinski definition) is 4. The highest BCUT2D eigenvalue weighted by molar-refractivity contribution is 7.93. The average molecular weight is 394 g/mol. The summed E-state index contributed by atoms with van der Waals surface area (Å²) in [5.41, 5.74) is 7.15. The zero-order valence-electron chi connectivity index (χ0n) is 14.9. The Morgan fingerprint density at radius 3 is 2.32 bits per heavy atom. The fourth-order valence-corrected chi connectivity index (χ4v) is 4.94. The van der Waals surface area contributed by atoms with Gasteiger partial charge in [0.05, 0.1) is 17.1 Å². The maximum Gasteiger partial charge on any atom is 0.265 e. The lowest BCUT2D eigenvalue weighted by molar-refractivity contribution is -0.124. The van der Waals surface area contributed by atoms with Gasteiger partial charge in [-0.3, -0.25) is 9.10 Å². The Hall–Kier alpha value is -3.32. The molecule has 6 nitrogen and oxygen atoms in total. The molecule has 0 aromatic heterocycles. The Balaban J connectivity index is 1.87. The first-order valence-corrected chi connectivity index (χ1v) is 10.1. The van der Waals surface area contributed by atoms with Crippen molar-refractivity contribution < 1.29 is 17.9 Å². The molecule has 0 unspecified atom stereocenters. The van der Waals surface area contributed by atoms with E-state index in [0.717, 1.165) is 5.56 Å². The van der Waals surface area contributed by atoms with Crippen molar-refractivity contribution in [2.75, 3.05) is 10.8 Å². The number of carbonyl (C=O) groups excluding carboxylic acids is 1. The molecular formula is C21H18N2O4S. The number of anilines is 1. The monoisotopic (exact) mass is 394 g/mol. The maximum atomic E-state index is 13.6. The van der Waals surface area contributed by atoms with Crippen LogP contribution in [0.2, 0.25) is 0 Å². The Morgan fingerprint density at radius 1 is 0.929 bits per heavy atom. The van der Waals surface area contributed by atoms with Gasteiger partial charge in [0, 0.05) is 5.56 Å². The number of sulfonamides is 1. The van der Waals surface area contributed by atoms with Crippen LogP contribution in [-0.2, 0) is 14.8 Å². The summed E-state index contributed by atoms with van der Waals surface area (Å²) >= 11 is 0. The number of hydrogen-bond donors (Lipinski definition) is 1. The summed E-state index contributed by atoms with van der Waals surface area (Å²) in [6.45, 7) is -0.183. The highest BCUT2D eigenvalue weighted by atomic mass is 32.2. The van der Waals surface area contributed by atoms with Gasteiger partial charge in [0.15, 0.2) is 6.10 Å². The topological polar surface area (TPSA) is 89.7 Å². The maximum absolute atomic E-state index is 13.6. The van der Waals surface area contributed by atoms with Crippen molar-refractivity contribution in [2.24, 2.45) is 5.73 Å². The molecule has 0 bridgehead atoms. The molecule has 0 spiro atoms. The van der Waals surface area contributed by atoms with E-state index in [9.17, 15) is 13.2 Å². The summed E-state index contributed by atoms with van der Waals surface area (Å²) < 4.78 is 34.0. The summed E-state index contributed by atoms with van der Waals surface area (Å²) in [5.74, 6) is -0.413. The normalized spacial score (nSPS) is 16.1. The fraction of sp³-hybridized carbons (Fsp3) is 0.0952. The van der Waals surface area contributed by atoms with E-state index in [-0.39, 0.29) is 11.4 Å². The van der Waals surface area contributed by atoms with Crippen molar-refractivity contribution in [3.8, 4) is 16.9 Å². The first-order chi connectivity index (χ1) is 13.5. The van der Waals surface area contributed by atoms with E-state index in [2.05, 4.69) is 0 Å². The third-order valence-corrected chi connectivity index (χ3v) is 6.43. The number of fused-ring (bicyclic) bond motifs is 1. The van der Waals surface area contributed by atoms with Crippen LogP contribution in [0.3, 0.4) is 0 Å². The quantitative estimate of drug-likeness (QED) is 0.737. The first-order valence-electron chi connectivity index (χ1n) is 8.70. The standard InChI is InChI=1S/C21H18N2O4S/c22-21(24)19-14-23(17-11-5-6-12-18(17)27-19)28(25,26)20-13-7-4-10-16(20)15-8-2-1-3-9-15/h1-13,19H,14H2,(H2,22,24)/t19-/m0/s1. The molecule has 0 saturated heterocycles. The minimum absolute atomic E-state index is 0.154. The largest absolute Gasteiger partial charge is 0.476 e. The zero-order chi connectivity index (χ0) is 19.7. The van der Waals surface area contributed by atoms with Crippen LogP contribution >= 0.6 is 0 Å². The van der Waals surface area contributed by atoms with Crippen LogP contribution in [0.4, 0.5) is 5.69 Å². The lowest BCUT2D eigenvalue weighted by Gasteiger charge is -2.34. The average Bonchev–Trinajstić information content (AvgIpc) is 2.73. The van der Waals surface area contributed by atoms with E-state index in [4.69, 9.17) is 10.5 Å². The van der Waals surface area contributed by atoms with Gasteiger partial charge in [0.25, 0.3) is 15.9 Å². The second kappa shape index (κ2) is 7.01. The predicted molar refractivity (Wildman–Crippen MR) is 106 cm³/mol. The minimum atomic E-state index is -3.98. The fourth-order valence-electron chi connectivity index (χ4n) is 3.24. The number of nitrogens with two attached hydrogens (primary N) is 1. The Morgan fingerprint density at radius 2 is 1.57 bits per heavy atom. The number of benzene rings is 3. The van der Waals surface area contributed by atoms with E-state index < -0.39 is 22.0 Å². The molecule has 0 fully saturated rings. The number of carbonyl (C=O) groups is 1. The number of nitrogens with zero attached hydrogens (tertiary/aromatic N) is 1. The third-order valence-electron chi connectivity index (χ3n) is 4.59. The van der Waals surface area contributed by atoms with Crippen molar-refractivity contribution in [3.05, 3.63) is 78.9 Å². The van der Waals surface area contributed by atoms with Gasteiger partial charge in [-0.1, -0.05) is 60.7 Å². The second-order valence-electron chi connectivity index (χ2n) is 6.37. The van der Waals surface area contributed by atoms with Gasteiger partial charge in [-0.15, -0.1) is 0 Å². The van der Waals surface area contributed by atoms with Crippen molar-refractivity contribution in [3.63, 3.8) is 0 Å². The summed E-state index contributed by atoms with van der Waals surface area (Å²) in [6, 6.07) is 22.8. The van der Waals surface area contributed by atoms with Crippen LogP contribution in [0.25, 0.3) is 11.1 Å². The molecule has 3 aromatic carbocycles. The number of para-hydroxylation sites is 2. The van der Waals surface area contributed by atoms with Crippen molar-refractivity contribution >= 4 is 21.6 Å². The van der Waals surface area contributed by atoms with Crippen molar-refractivity contribution in [1.82, 2.24) is 0 Å². The zero-order valence-corrected chi connectivity index (χ0v) is 15.7. The number of amides is 1. The van der Waals surface area contributed by atoms with E-state index in [1.165, 1.54) is 4.31 Å². The van der Waals surface area contributed by atoms with Crippen LogP contribution in [0.1, 0.15) is 0 Å². The molecule has 4 rings (SSSR count). The lowest BCUT2D eigenvalue weighted by Crippen LogP contribution is -2.49. The molecular weight excluding hydrogens is 376 g/mol. The highest BCUT2D eigenvalue weighted by Crippen LogP contribution is 2.38. The molecule has 1 aliphatic heterocycles. The highest BCUT2D eigenvalue weighted by Gasteiger charge is 2.37. The van der Waals surface area contributed by atoms with Crippen LogP contribution < -0.4 is 14.8 Å². The third kappa shape index (κ3) is 3.10. The molecule has 1 heterocycles. The van der Waals surface area contributed by atoms with Crippen molar-refractivity contribution in [2.45, 2.75) is 11.0 Å². The minimum Gasteiger partial charge on any atom is -0.476 e. The molecule has 3 aromatic rings. The molecule has 28 heavy (non-hydrogen) atoms. The summed E-state index contributed by atoms with van der Waals surface area (Å²) in [6.07, 6.45) is -1.06. The summed E-state index contributed by atoms with van der Waals surface area (Å²) in [4.78, 5) is 11.9. The molecule has 1 aliphatic rings. The molecule has 0 radical (unpaired) electrons. The molecule has 1 atom stereocenters. The van der Waals surface area contributed by atoms with E-state index >= 15 is 0 Å². The van der Waals surface area contributed by atoms with Gasteiger partial charge >= 0.3 is 0 Å². The number of ether oxygens (including phenoxy) is 1. The summed E-state index contributed by atoms with van der Waals surface area (Å²) in [7, 11) is -3.98. The van der Waals surface area contributed by atoms with Gasteiger partial charge in [-0.05, 0) is 23.8 Å². The Bertz CT molecular complexity index is 1130. The van der Waals surface area contributed by atoms with E-state index in [1.54, 1.807) is 48.5 Å². The van der Waals surface area contributed by atoms with Crippen LogP contribution in [-0.4, -0.2) is 27.0 Å². The van der Waals surface area contributed by atoms with Crippen LogP contribution in [0, 0.1) is 0 Å². The molecule has 7 heteroatoms. The first kappa shape index (κ1) is 18.1. The van der Waals surface area contributed by atoms with Gasteiger partial charge < -0.3 is 10.5 Å².